The number of aromatic nitrogens is 1. The molecule has 1 aromatic heterocycles. The Morgan fingerprint density at radius 1 is 1.21 bits per heavy atom. The zero-order valence-corrected chi connectivity index (χ0v) is 16.3. The Labute approximate surface area is 167 Å². The second kappa shape index (κ2) is 8.66. The van der Waals surface area contributed by atoms with Crippen molar-refractivity contribution in [3.8, 4) is 5.75 Å². The number of halogens is 3. The number of hydrogen-bond donors (Lipinski definition) is 1. The fourth-order valence-electron chi connectivity index (χ4n) is 2.31. The van der Waals surface area contributed by atoms with Crippen molar-refractivity contribution in [3.63, 3.8) is 0 Å². The third kappa shape index (κ3) is 6.00. The SMILES string of the molecule is Cc1nc(CSc2ccc(C(=O)Nc3cccc(OC(F)(F)F)c3)cc2)cs1. The second-order valence-electron chi connectivity index (χ2n) is 5.70. The number of carbonyl (C=O) groups excluding carboxylic acids is 1. The standard InChI is InChI=1S/C19H15F3N2O2S2/c1-12-23-15(10-27-12)11-28-17-7-5-13(6-8-17)18(25)24-14-3-2-4-16(9-14)26-19(20,21)22/h2-10H,11H2,1H3,(H,24,25). The van der Waals surface area contributed by atoms with Gasteiger partial charge in [-0.05, 0) is 43.3 Å². The summed E-state index contributed by atoms with van der Waals surface area (Å²) in [5, 5.41) is 5.60. The lowest BCUT2D eigenvalue weighted by Gasteiger charge is -2.11. The van der Waals surface area contributed by atoms with E-state index in [1.54, 1.807) is 35.2 Å². The topological polar surface area (TPSA) is 51.2 Å². The number of aryl methyl sites for hydroxylation is 1. The third-order valence-electron chi connectivity index (χ3n) is 3.50. The van der Waals surface area contributed by atoms with Gasteiger partial charge in [0.05, 0.1) is 10.7 Å². The molecule has 1 heterocycles. The number of rotatable bonds is 6. The first kappa shape index (κ1) is 20.2. The number of alkyl halides is 3. The monoisotopic (exact) mass is 424 g/mol. The summed E-state index contributed by atoms with van der Waals surface area (Å²) in [4.78, 5) is 17.7. The smallest absolute Gasteiger partial charge is 0.406 e. The molecule has 0 atom stereocenters. The van der Waals surface area contributed by atoms with E-state index < -0.39 is 18.0 Å². The number of nitrogens with one attached hydrogen (secondary N) is 1. The van der Waals surface area contributed by atoms with E-state index in [0.29, 0.717) is 5.56 Å². The van der Waals surface area contributed by atoms with Crippen LogP contribution in [0.3, 0.4) is 0 Å². The minimum atomic E-state index is -4.78. The Hall–Kier alpha value is -2.52. The highest BCUT2D eigenvalue weighted by Crippen LogP contribution is 2.26. The molecule has 1 N–H and O–H groups in total. The van der Waals surface area contributed by atoms with Crippen molar-refractivity contribution >= 4 is 34.7 Å². The highest BCUT2D eigenvalue weighted by atomic mass is 32.2. The summed E-state index contributed by atoms with van der Waals surface area (Å²) >= 11 is 3.21. The maximum absolute atomic E-state index is 12.3. The van der Waals surface area contributed by atoms with Crippen LogP contribution in [-0.2, 0) is 5.75 Å². The number of anilines is 1. The number of ether oxygens (including phenoxy) is 1. The van der Waals surface area contributed by atoms with E-state index in [0.717, 1.165) is 27.4 Å². The quantitative estimate of drug-likeness (QED) is 0.501. The summed E-state index contributed by atoms with van der Waals surface area (Å²) in [6.07, 6.45) is -4.78. The maximum atomic E-state index is 12.3. The molecule has 0 radical (unpaired) electrons. The highest BCUT2D eigenvalue weighted by Gasteiger charge is 2.31. The minimum Gasteiger partial charge on any atom is -0.406 e. The molecular weight excluding hydrogens is 409 g/mol. The summed E-state index contributed by atoms with van der Waals surface area (Å²) in [6, 6.07) is 12.1. The van der Waals surface area contributed by atoms with Crippen molar-refractivity contribution in [2.24, 2.45) is 0 Å². The molecule has 0 unspecified atom stereocenters. The van der Waals surface area contributed by atoms with E-state index in [4.69, 9.17) is 0 Å². The van der Waals surface area contributed by atoms with E-state index in [9.17, 15) is 18.0 Å². The average molecular weight is 424 g/mol. The van der Waals surface area contributed by atoms with Crippen LogP contribution in [-0.4, -0.2) is 17.3 Å². The van der Waals surface area contributed by atoms with E-state index in [1.807, 2.05) is 24.4 Å². The van der Waals surface area contributed by atoms with Crippen molar-refractivity contribution in [2.75, 3.05) is 5.32 Å². The van der Waals surface area contributed by atoms with Gasteiger partial charge in [-0.15, -0.1) is 36.3 Å². The lowest BCUT2D eigenvalue weighted by Crippen LogP contribution is -2.17. The first-order valence-electron chi connectivity index (χ1n) is 8.09. The Morgan fingerprint density at radius 2 is 1.96 bits per heavy atom. The fraction of sp³-hybridized carbons (Fsp3) is 0.158. The van der Waals surface area contributed by atoms with Gasteiger partial charge in [0.2, 0.25) is 0 Å². The van der Waals surface area contributed by atoms with Crippen LogP contribution in [0.4, 0.5) is 18.9 Å². The Morgan fingerprint density at radius 3 is 2.61 bits per heavy atom. The van der Waals surface area contributed by atoms with E-state index >= 15 is 0 Å². The van der Waals surface area contributed by atoms with Gasteiger partial charge in [-0.2, -0.15) is 0 Å². The Kier molecular flexibility index (Phi) is 6.25. The molecule has 3 aromatic rings. The minimum absolute atomic E-state index is 0.212. The van der Waals surface area contributed by atoms with Gasteiger partial charge in [-0.25, -0.2) is 4.98 Å². The molecular formula is C19H15F3N2O2S2. The average Bonchev–Trinajstić information content (AvgIpc) is 3.04. The van der Waals surface area contributed by atoms with Crippen molar-refractivity contribution in [1.29, 1.82) is 0 Å². The van der Waals surface area contributed by atoms with E-state index in [1.165, 1.54) is 18.2 Å². The fourth-order valence-corrected chi connectivity index (χ4v) is 3.82. The highest BCUT2D eigenvalue weighted by molar-refractivity contribution is 7.98. The molecule has 0 fully saturated rings. The lowest BCUT2D eigenvalue weighted by atomic mass is 10.2. The van der Waals surface area contributed by atoms with Gasteiger partial charge in [-0.3, -0.25) is 4.79 Å². The molecule has 1 amide bonds. The molecule has 0 aliphatic carbocycles. The molecule has 0 aliphatic heterocycles. The molecule has 0 spiro atoms. The second-order valence-corrected chi connectivity index (χ2v) is 7.81. The molecule has 146 valence electrons. The molecule has 4 nitrogen and oxygen atoms in total. The number of amides is 1. The number of thiazole rings is 1. The molecule has 0 saturated heterocycles. The van der Waals surface area contributed by atoms with Gasteiger partial charge in [0, 0.05) is 33.3 Å². The van der Waals surface area contributed by atoms with Gasteiger partial charge < -0.3 is 10.1 Å². The largest absolute Gasteiger partial charge is 0.573 e. The normalized spacial score (nSPS) is 11.3. The molecule has 0 aliphatic rings. The first-order chi connectivity index (χ1) is 13.3. The predicted molar refractivity (Wildman–Crippen MR) is 104 cm³/mol. The van der Waals surface area contributed by atoms with Crippen molar-refractivity contribution in [1.82, 2.24) is 4.98 Å². The lowest BCUT2D eigenvalue weighted by molar-refractivity contribution is -0.274. The Bertz CT molecular complexity index is 956. The van der Waals surface area contributed by atoms with Crippen molar-refractivity contribution < 1.29 is 22.7 Å². The molecule has 3 rings (SSSR count). The predicted octanol–water partition coefficient (Wildman–Crippen LogP) is 5.89. The zero-order chi connectivity index (χ0) is 20.1. The maximum Gasteiger partial charge on any atom is 0.573 e. The van der Waals surface area contributed by atoms with Gasteiger partial charge in [-0.1, -0.05) is 6.07 Å². The number of hydrogen-bond acceptors (Lipinski definition) is 5. The molecule has 28 heavy (non-hydrogen) atoms. The summed E-state index contributed by atoms with van der Waals surface area (Å²) in [7, 11) is 0. The summed E-state index contributed by atoms with van der Waals surface area (Å²) in [6.45, 7) is 1.96. The summed E-state index contributed by atoms with van der Waals surface area (Å²) in [5.74, 6) is -0.0767. The van der Waals surface area contributed by atoms with Crippen LogP contribution in [0, 0.1) is 6.92 Å². The Balaban J connectivity index is 1.59. The summed E-state index contributed by atoms with van der Waals surface area (Å²) < 4.78 is 40.7. The number of nitrogens with zero attached hydrogens (tertiary/aromatic N) is 1. The number of carbonyl (C=O) groups is 1. The van der Waals surface area contributed by atoms with E-state index in [2.05, 4.69) is 15.0 Å². The van der Waals surface area contributed by atoms with Gasteiger partial charge in [0.25, 0.3) is 5.91 Å². The first-order valence-corrected chi connectivity index (χ1v) is 9.96. The van der Waals surface area contributed by atoms with Gasteiger partial charge in [0.15, 0.2) is 0 Å². The number of thioether (sulfide) groups is 1. The van der Waals surface area contributed by atoms with Crippen LogP contribution in [0.1, 0.15) is 21.1 Å². The molecule has 9 heteroatoms. The third-order valence-corrected chi connectivity index (χ3v) is 5.36. The van der Waals surface area contributed by atoms with Gasteiger partial charge >= 0.3 is 6.36 Å². The van der Waals surface area contributed by atoms with Crippen LogP contribution < -0.4 is 10.1 Å². The molecule has 2 aromatic carbocycles. The number of benzene rings is 2. The van der Waals surface area contributed by atoms with Crippen LogP contribution in [0.15, 0.2) is 58.8 Å². The van der Waals surface area contributed by atoms with Crippen LogP contribution in [0.5, 0.6) is 5.75 Å². The zero-order valence-electron chi connectivity index (χ0n) is 14.6. The molecule has 0 bridgehead atoms. The van der Waals surface area contributed by atoms with Crippen molar-refractivity contribution in [3.05, 3.63) is 70.2 Å². The van der Waals surface area contributed by atoms with Crippen LogP contribution >= 0.6 is 23.1 Å². The van der Waals surface area contributed by atoms with Crippen LogP contribution in [0.2, 0.25) is 0 Å². The molecule has 0 saturated carbocycles. The van der Waals surface area contributed by atoms with Gasteiger partial charge in [0.1, 0.15) is 5.75 Å². The summed E-state index contributed by atoms with van der Waals surface area (Å²) in [5.41, 5.74) is 1.62. The van der Waals surface area contributed by atoms with Crippen LogP contribution in [0.25, 0.3) is 0 Å². The van der Waals surface area contributed by atoms with E-state index in [-0.39, 0.29) is 5.69 Å². The van der Waals surface area contributed by atoms with Crippen molar-refractivity contribution in [2.45, 2.75) is 23.9 Å².